The fourth-order valence-electron chi connectivity index (χ4n) is 2.94. The Morgan fingerprint density at radius 2 is 1.79 bits per heavy atom. The van der Waals surface area contributed by atoms with Crippen molar-refractivity contribution in [3.05, 3.63) is 23.3 Å². The van der Waals surface area contributed by atoms with Gasteiger partial charge >= 0.3 is 0 Å². The molecule has 0 amide bonds. The lowest BCUT2D eigenvalue weighted by Gasteiger charge is -2.28. The Kier molecular flexibility index (Phi) is 3.13. The molecule has 19 heavy (non-hydrogen) atoms. The zero-order valence-corrected chi connectivity index (χ0v) is 11.5. The minimum atomic E-state index is -1.36. The molecule has 2 aliphatic heterocycles. The van der Waals surface area contributed by atoms with E-state index in [0.717, 1.165) is 42.8 Å². The molecule has 1 N–H and O–H groups in total. The Morgan fingerprint density at radius 1 is 1.16 bits per heavy atom. The minimum absolute atomic E-state index is 0.233. The largest absolute Gasteiger partial charge is 0.454 e. The fraction of sp³-hybridized carbons (Fsp3) is 0.600. The monoisotopic (exact) mass is 265 g/mol. The molecule has 104 valence electrons. The van der Waals surface area contributed by atoms with Crippen molar-refractivity contribution in [2.24, 2.45) is 0 Å². The van der Waals surface area contributed by atoms with Gasteiger partial charge in [-0.25, -0.2) is 4.39 Å². The molecule has 3 nitrogen and oxygen atoms in total. The number of hydrogen-bond donors (Lipinski definition) is 1. The SMILES string of the molecule is CC(C)(F)c1cc2c(cc1C1CCNCC1)OCO2. The second-order valence-corrected chi connectivity index (χ2v) is 5.79. The maximum Gasteiger partial charge on any atom is 0.231 e. The highest BCUT2D eigenvalue weighted by molar-refractivity contribution is 5.51. The molecule has 1 saturated heterocycles. The van der Waals surface area contributed by atoms with E-state index in [4.69, 9.17) is 9.47 Å². The van der Waals surface area contributed by atoms with Crippen LogP contribution >= 0.6 is 0 Å². The van der Waals surface area contributed by atoms with Crippen LogP contribution in [0.15, 0.2) is 12.1 Å². The summed E-state index contributed by atoms with van der Waals surface area (Å²) in [6.45, 7) is 5.43. The summed E-state index contributed by atoms with van der Waals surface area (Å²) in [7, 11) is 0. The molecule has 0 bridgehead atoms. The van der Waals surface area contributed by atoms with Gasteiger partial charge in [-0.05, 0) is 69.0 Å². The summed E-state index contributed by atoms with van der Waals surface area (Å²) >= 11 is 0. The van der Waals surface area contributed by atoms with Gasteiger partial charge in [0.2, 0.25) is 6.79 Å². The molecule has 1 fully saturated rings. The molecule has 3 rings (SSSR count). The molecule has 0 radical (unpaired) electrons. The van der Waals surface area contributed by atoms with Gasteiger partial charge in [0.15, 0.2) is 11.5 Å². The molecule has 4 heteroatoms. The first kappa shape index (κ1) is 12.7. The summed E-state index contributed by atoms with van der Waals surface area (Å²) in [5, 5.41) is 3.35. The highest BCUT2D eigenvalue weighted by atomic mass is 19.1. The number of benzene rings is 1. The smallest absolute Gasteiger partial charge is 0.231 e. The lowest BCUT2D eigenvalue weighted by Crippen LogP contribution is -2.28. The summed E-state index contributed by atoms with van der Waals surface area (Å²) in [5.41, 5.74) is 0.461. The summed E-state index contributed by atoms with van der Waals surface area (Å²) in [6, 6.07) is 3.80. The number of halogens is 1. The van der Waals surface area contributed by atoms with Crippen LogP contribution in [0.4, 0.5) is 4.39 Å². The van der Waals surface area contributed by atoms with Gasteiger partial charge in [-0.3, -0.25) is 0 Å². The zero-order valence-electron chi connectivity index (χ0n) is 11.5. The third kappa shape index (κ3) is 2.41. The highest BCUT2D eigenvalue weighted by Crippen LogP contribution is 2.43. The first-order valence-electron chi connectivity index (χ1n) is 6.89. The average Bonchev–Trinajstić information content (AvgIpc) is 2.84. The predicted octanol–water partition coefficient (Wildman–Crippen LogP) is 3.09. The van der Waals surface area contributed by atoms with E-state index in [-0.39, 0.29) is 6.79 Å². The number of piperidine rings is 1. The second kappa shape index (κ2) is 4.67. The molecular formula is C15H20FNO2. The van der Waals surface area contributed by atoms with Gasteiger partial charge in [0, 0.05) is 0 Å². The van der Waals surface area contributed by atoms with Crippen molar-refractivity contribution in [2.45, 2.75) is 38.3 Å². The number of nitrogens with one attached hydrogen (secondary N) is 1. The van der Waals surface area contributed by atoms with Gasteiger partial charge in [-0.2, -0.15) is 0 Å². The van der Waals surface area contributed by atoms with E-state index in [9.17, 15) is 4.39 Å². The van der Waals surface area contributed by atoms with Gasteiger partial charge in [-0.15, -0.1) is 0 Å². The van der Waals surface area contributed by atoms with Gasteiger partial charge in [0.05, 0.1) is 0 Å². The molecular weight excluding hydrogens is 245 g/mol. The van der Waals surface area contributed by atoms with Crippen LogP contribution < -0.4 is 14.8 Å². The first-order valence-corrected chi connectivity index (χ1v) is 6.89. The summed E-state index contributed by atoms with van der Waals surface area (Å²) in [6.07, 6.45) is 2.09. The molecule has 0 spiro atoms. The van der Waals surface area contributed by atoms with Crippen LogP contribution in [-0.2, 0) is 5.67 Å². The molecule has 0 atom stereocenters. The molecule has 1 aromatic rings. The number of fused-ring (bicyclic) bond motifs is 1. The van der Waals surface area contributed by atoms with Crippen LogP contribution in [0.2, 0.25) is 0 Å². The normalized spacial score (nSPS) is 19.7. The third-order valence-electron chi connectivity index (χ3n) is 3.96. The van der Waals surface area contributed by atoms with E-state index in [1.54, 1.807) is 13.8 Å². The van der Waals surface area contributed by atoms with Crippen LogP contribution in [0.5, 0.6) is 11.5 Å². The number of hydrogen-bond acceptors (Lipinski definition) is 3. The lowest BCUT2D eigenvalue weighted by molar-refractivity contribution is 0.173. The molecule has 0 saturated carbocycles. The van der Waals surface area contributed by atoms with Crippen LogP contribution in [0.25, 0.3) is 0 Å². The second-order valence-electron chi connectivity index (χ2n) is 5.79. The van der Waals surface area contributed by atoms with Gasteiger partial charge in [0.25, 0.3) is 0 Å². The van der Waals surface area contributed by atoms with Crippen molar-refractivity contribution >= 4 is 0 Å². The predicted molar refractivity (Wildman–Crippen MR) is 71.5 cm³/mol. The van der Waals surface area contributed by atoms with E-state index in [1.165, 1.54) is 0 Å². The Labute approximate surface area is 113 Å². The number of ether oxygens (including phenoxy) is 2. The van der Waals surface area contributed by atoms with E-state index in [2.05, 4.69) is 5.32 Å². The van der Waals surface area contributed by atoms with Crippen molar-refractivity contribution in [2.75, 3.05) is 19.9 Å². The summed E-state index contributed by atoms with van der Waals surface area (Å²) in [5.74, 6) is 1.82. The summed E-state index contributed by atoms with van der Waals surface area (Å²) in [4.78, 5) is 0. The molecule has 0 aromatic heterocycles. The van der Waals surface area contributed by atoms with Crippen LogP contribution in [0.3, 0.4) is 0 Å². The Bertz CT molecular complexity index is 476. The zero-order chi connectivity index (χ0) is 13.5. The Hall–Kier alpha value is -1.29. The molecule has 2 aliphatic rings. The van der Waals surface area contributed by atoms with E-state index >= 15 is 0 Å². The summed E-state index contributed by atoms with van der Waals surface area (Å²) < 4.78 is 25.3. The maximum absolute atomic E-state index is 14.5. The highest BCUT2D eigenvalue weighted by Gasteiger charge is 2.30. The quantitative estimate of drug-likeness (QED) is 0.891. The van der Waals surface area contributed by atoms with E-state index in [1.807, 2.05) is 12.1 Å². The molecule has 1 aromatic carbocycles. The van der Waals surface area contributed by atoms with Crippen molar-refractivity contribution < 1.29 is 13.9 Å². The van der Waals surface area contributed by atoms with E-state index < -0.39 is 5.67 Å². The molecule has 2 heterocycles. The van der Waals surface area contributed by atoms with Gasteiger partial charge in [-0.1, -0.05) is 0 Å². The standard InChI is InChI=1S/C15H20FNO2/c1-15(2,16)12-8-14-13(18-9-19-14)7-11(12)10-3-5-17-6-4-10/h7-8,10,17H,3-6,9H2,1-2H3. The Morgan fingerprint density at radius 3 is 2.42 bits per heavy atom. The van der Waals surface area contributed by atoms with Gasteiger partial charge in [0.1, 0.15) is 5.67 Å². The van der Waals surface area contributed by atoms with Crippen molar-refractivity contribution in [3.63, 3.8) is 0 Å². The number of rotatable bonds is 2. The van der Waals surface area contributed by atoms with Crippen molar-refractivity contribution in [1.82, 2.24) is 5.32 Å². The third-order valence-corrected chi connectivity index (χ3v) is 3.96. The van der Waals surface area contributed by atoms with Crippen LogP contribution in [0, 0.1) is 0 Å². The lowest BCUT2D eigenvalue weighted by atomic mass is 9.82. The molecule has 0 aliphatic carbocycles. The maximum atomic E-state index is 14.5. The van der Waals surface area contributed by atoms with E-state index in [0.29, 0.717) is 11.7 Å². The van der Waals surface area contributed by atoms with Crippen LogP contribution in [0.1, 0.15) is 43.7 Å². The average molecular weight is 265 g/mol. The topological polar surface area (TPSA) is 30.5 Å². The number of alkyl halides is 1. The first-order chi connectivity index (χ1) is 9.05. The fourth-order valence-corrected chi connectivity index (χ4v) is 2.94. The van der Waals surface area contributed by atoms with Crippen LogP contribution in [-0.4, -0.2) is 19.9 Å². The van der Waals surface area contributed by atoms with Crippen molar-refractivity contribution in [3.8, 4) is 11.5 Å². The Balaban J connectivity index is 2.05. The molecule has 0 unspecified atom stereocenters. The minimum Gasteiger partial charge on any atom is -0.454 e. The van der Waals surface area contributed by atoms with Gasteiger partial charge < -0.3 is 14.8 Å². The van der Waals surface area contributed by atoms with Crippen molar-refractivity contribution in [1.29, 1.82) is 0 Å².